The fraction of sp³-hybridized carbons (Fsp3) is 0.375. The highest BCUT2D eigenvalue weighted by atomic mass is 32.2. The molecule has 1 fully saturated rings. The summed E-state index contributed by atoms with van der Waals surface area (Å²) in [7, 11) is 0. The van der Waals surface area contributed by atoms with Crippen LogP contribution in [-0.2, 0) is 6.54 Å². The zero-order valence-corrected chi connectivity index (χ0v) is 13.4. The van der Waals surface area contributed by atoms with Gasteiger partial charge in [-0.15, -0.1) is 0 Å². The van der Waals surface area contributed by atoms with Crippen LogP contribution < -0.4 is 11.1 Å². The van der Waals surface area contributed by atoms with E-state index in [0.29, 0.717) is 6.54 Å². The number of nitrogens with two attached hydrogens (primary N) is 1. The number of aliphatic hydroxyl groups excluding tert-OH is 1. The van der Waals surface area contributed by atoms with Crippen molar-refractivity contribution in [3.63, 3.8) is 0 Å². The van der Waals surface area contributed by atoms with Gasteiger partial charge < -0.3 is 16.2 Å². The first-order chi connectivity index (χ1) is 11.1. The largest absolute Gasteiger partial charge is 0.504 e. The average Bonchev–Trinajstić information content (AvgIpc) is 2.54. The number of hydrogen-bond donors (Lipinski definition) is 3. The zero-order chi connectivity index (χ0) is 16.4. The third-order valence-corrected chi connectivity index (χ3v) is 4.97. The molecule has 0 radical (unpaired) electrons. The predicted octanol–water partition coefficient (Wildman–Crippen LogP) is 2.19. The molecule has 2 heterocycles. The van der Waals surface area contributed by atoms with E-state index in [-0.39, 0.29) is 34.8 Å². The number of nitrogens with zero attached hydrogens (tertiary/aromatic N) is 1. The van der Waals surface area contributed by atoms with Crippen LogP contribution in [0.2, 0.25) is 0 Å². The third kappa shape index (κ3) is 3.45. The summed E-state index contributed by atoms with van der Waals surface area (Å²) in [6, 6.07) is 2.49. The van der Waals surface area contributed by atoms with E-state index in [4.69, 9.17) is 5.73 Å². The zero-order valence-electron chi connectivity index (χ0n) is 12.6. The van der Waals surface area contributed by atoms with Gasteiger partial charge in [-0.25, -0.2) is 8.78 Å². The molecule has 2 aliphatic rings. The molecular weight excluding hydrogens is 320 g/mol. The Morgan fingerprint density at radius 1 is 1.22 bits per heavy atom. The van der Waals surface area contributed by atoms with Crippen LogP contribution in [0.15, 0.2) is 29.7 Å². The van der Waals surface area contributed by atoms with Crippen LogP contribution in [0.25, 0.3) is 5.70 Å². The van der Waals surface area contributed by atoms with Gasteiger partial charge in [-0.2, -0.15) is 11.8 Å². The summed E-state index contributed by atoms with van der Waals surface area (Å²) in [5.74, 6) is 0.577. The summed E-state index contributed by atoms with van der Waals surface area (Å²) in [5.41, 5.74) is 6.43. The summed E-state index contributed by atoms with van der Waals surface area (Å²) in [5, 5.41) is 12.9. The molecule has 0 aromatic heterocycles. The monoisotopic (exact) mass is 339 g/mol. The minimum absolute atomic E-state index is 0.0695. The van der Waals surface area contributed by atoms with Gasteiger partial charge in [0.1, 0.15) is 11.6 Å². The Bertz CT molecular complexity index is 646. The molecule has 7 heteroatoms. The Morgan fingerprint density at radius 2 is 1.87 bits per heavy atom. The van der Waals surface area contributed by atoms with Crippen molar-refractivity contribution in [2.45, 2.75) is 6.54 Å². The Hall–Kier alpha value is -1.73. The van der Waals surface area contributed by atoms with E-state index in [1.807, 2.05) is 16.7 Å². The van der Waals surface area contributed by atoms with Crippen molar-refractivity contribution >= 4 is 17.5 Å². The number of thioether (sulfide) groups is 1. The smallest absolute Gasteiger partial charge is 0.162 e. The number of dihydropyridines is 1. The molecule has 1 saturated heterocycles. The first kappa shape index (κ1) is 16.1. The van der Waals surface area contributed by atoms with Gasteiger partial charge in [-0.1, -0.05) is 0 Å². The number of hydrogen-bond acceptors (Lipinski definition) is 5. The molecule has 0 amide bonds. The van der Waals surface area contributed by atoms with Crippen LogP contribution in [0.4, 0.5) is 8.78 Å². The van der Waals surface area contributed by atoms with Gasteiger partial charge in [0.2, 0.25) is 0 Å². The first-order valence-electron chi connectivity index (χ1n) is 7.48. The van der Waals surface area contributed by atoms with E-state index >= 15 is 0 Å². The van der Waals surface area contributed by atoms with Crippen molar-refractivity contribution in [2.24, 2.45) is 5.73 Å². The van der Waals surface area contributed by atoms with Gasteiger partial charge in [0.05, 0.1) is 11.4 Å². The molecule has 4 nitrogen and oxygen atoms in total. The summed E-state index contributed by atoms with van der Waals surface area (Å²) in [6.07, 6.45) is 1.61. The summed E-state index contributed by atoms with van der Waals surface area (Å²) in [4.78, 5) is 2.05. The van der Waals surface area contributed by atoms with E-state index < -0.39 is 11.6 Å². The van der Waals surface area contributed by atoms with Crippen LogP contribution in [0, 0.1) is 11.6 Å². The van der Waals surface area contributed by atoms with Crippen molar-refractivity contribution in [2.75, 3.05) is 31.1 Å². The lowest BCUT2D eigenvalue weighted by Gasteiger charge is -2.26. The molecule has 0 bridgehead atoms. The van der Waals surface area contributed by atoms with Gasteiger partial charge in [-0.05, 0) is 18.2 Å². The number of nitrogens with one attached hydrogen (secondary N) is 1. The van der Waals surface area contributed by atoms with Crippen LogP contribution in [0.3, 0.4) is 0 Å². The summed E-state index contributed by atoms with van der Waals surface area (Å²) < 4.78 is 28.8. The molecule has 3 rings (SSSR count). The quantitative estimate of drug-likeness (QED) is 0.788. The molecule has 1 aromatic carbocycles. The minimum Gasteiger partial charge on any atom is -0.504 e. The number of benzene rings is 1. The van der Waals surface area contributed by atoms with Crippen molar-refractivity contribution in [1.29, 1.82) is 0 Å². The van der Waals surface area contributed by atoms with E-state index in [1.54, 1.807) is 6.08 Å². The molecule has 0 saturated carbocycles. The fourth-order valence-corrected chi connectivity index (χ4v) is 3.69. The number of aliphatic hydroxyl groups is 1. The third-order valence-electron chi connectivity index (χ3n) is 4.03. The fourth-order valence-electron chi connectivity index (χ4n) is 2.71. The number of halogens is 2. The SMILES string of the molecule is NC1=CCNC(c2cc(F)c(CN3CCSCC3)c(F)c2)=C1O. The highest BCUT2D eigenvalue weighted by Crippen LogP contribution is 2.25. The second-order valence-electron chi connectivity index (χ2n) is 5.57. The summed E-state index contributed by atoms with van der Waals surface area (Å²) >= 11 is 1.85. The molecule has 0 unspecified atom stereocenters. The lowest BCUT2D eigenvalue weighted by molar-refractivity contribution is 0.284. The molecule has 2 aliphatic heterocycles. The highest BCUT2D eigenvalue weighted by Gasteiger charge is 2.20. The second-order valence-corrected chi connectivity index (χ2v) is 6.80. The Labute approximate surface area is 138 Å². The van der Waals surface area contributed by atoms with Gasteiger partial charge in [0, 0.05) is 48.8 Å². The van der Waals surface area contributed by atoms with Crippen LogP contribution in [-0.4, -0.2) is 41.1 Å². The molecule has 0 spiro atoms. The molecule has 1 aromatic rings. The maximum absolute atomic E-state index is 14.4. The first-order valence-corrected chi connectivity index (χ1v) is 8.63. The van der Waals surface area contributed by atoms with Gasteiger partial charge >= 0.3 is 0 Å². The molecule has 4 N–H and O–H groups in total. The minimum atomic E-state index is -0.603. The summed E-state index contributed by atoms with van der Waals surface area (Å²) in [6.45, 7) is 2.33. The van der Waals surface area contributed by atoms with Gasteiger partial charge in [0.15, 0.2) is 5.76 Å². The van der Waals surface area contributed by atoms with Gasteiger partial charge in [-0.3, -0.25) is 4.90 Å². The lowest BCUT2D eigenvalue weighted by Crippen LogP contribution is -2.32. The van der Waals surface area contributed by atoms with Crippen molar-refractivity contribution in [3.8, 4) is 0 Å². The lowest BCUT2D eigenvalue weighted by atomic mass is 10.0. The van der Waals surface area contributed by atoms with Crippen LogP contribution in [0.5, 0.6) is 0 Å². The van der Waals surface area contributed by atoms with Crippen LogP contribution in [0.1, 0.15) is 11.1 Å². The molecule has 0 aliphatic carbocycles. The van der Waals surface area contributed by atoms with E-state index in [0.717, 1.165) is 24.6 Å². The van der Waals surface area contributed by atoms with Crippen molar-refractivity contribution in [1.82, 2.24) is 10.2 Å². The maximum Gasteiger partial charge on any atom is 0.162 e. The molecular formula is C16H19F2N3OS. The maximum atomic E-state index is 14.4. The van der Waals surface area contributed by atoms with Crippen LogP contribution >= 0.6 is 11.8 Å². The Kier molecular flexibility index (Phi) is 4.77. The standard InChI is InChI=1S/C16H19F2N3OS/c17-12-7-10(15-16(22)14(19)1-2-20-15)8-13(18)11(12)9-21-3-5-23-6-4-21/h1,7-8,20,22H,2-6,9,19H2. The van der Waals surface area contributed by atoms with E-state index in [2.05, 4.69) is 5.32 Å². The Morgan fingerprint density at radius 3 is 2.52 bits per heavy atom. The van der Waals surface area contributed by atoms with Gasteiger partial charge in [0.25, 0.3) is 0 Å². The van der Waals surface area contributed by atoms with E-state index in [1.165, 1.54) is 12.1 Å². The number of rotatable bonds is 3. The van der Waals surface area contributed by atoms with Crippen molar-refractivity contribution < 1.29 is 13.9 Å². The Balaban J connectivity index is 1.88. The molecule has 124 valence electrons. The molecule has 0 atom stereocenters. The molecule has 23 heavy (non-hydrogen) atoms. The van der Waals surface area contributed by atoms with E-state index in [9.17, 15) is 13.9 Å². The average molecular weight is 339 g/mol. The normalized spacial score (nSPS) is 19.5. The predicted molar refractivity (Wildman–Crippen MR) is 88.8 cm³/mol. The topological polar surface area (TPSA) is 61.5 Å². The second kappa shape index (κ2) is 6.80. The highest BCUT2D eigenvalue weighted by molar-refractivity contribution is 7.99. The van der Waals surface area contributed by atoms with Crippen molar-refractivity contribution in [3.05, 3.63) is 52.4 Å².